The number of hydrogen-bond donors (Lipinski definition) is 2. The third-order valence-electron chi connectivity index (χ3n) is 3.63. The number of rotatable bonds is 2. The van der Waals surface area contributed by atoms with Gasteiger partial charge in [-0.15, -0.1) is 0 Å². The van der Waals surface area contributed by atoms with Crippen molar-refractivity contribution >= 4 is 5.91 Å². The minimum atomic E-state index is 0.0323. The normalized spacial score (nSPS) is 25.2. The molecule has 2 rings (SSSR count). The summed E-state index contributed by atoms with van der Waals surface area (Å²) in [5, 5.41) is 12.4. The van der Waals surface area contributed by atoms with Gasteiger partial charge in [0, 0.05) is 25.2 Å². The van der Waals surface area contributed by atoms with Gasteiger partial charge < -0.3 is 15.3 Å². The number of carbonyl (C=O) groups excluding carboxylic acids is 1. The van der Waals surface area contributed by atoms with E-state index >= 15 is 0 Å². The first-order valence-electron chi connectivity index (χ1n) is 6.05. The van der Waals surface area contributed by atoms with Crippen molar-refractivity contribution in [3.05, 3.63) is 11.1 Å². The third kappa shape index (κ3) is 2.13. The molecule has 0 aromatic carbocycles. The van der Waals surface area contributed by atoms with E-state index in [4.69, 9.17) is 0 Å². The molecule has 0 saturated carbocycles. The minimum Gasteiger partial charge on any atom is -0.394 e. The monoisotopic (exact) mass is 224 g/mol. The van der Waals surface area contributed by atoms with Crippen LogP contribution in [-0.2, 0) is 4.79 Å². The average Bonchev–Trinajstić information content (AvgIpc) is 2.25. The first-order chi connectivity index (χ1) is 7.74. The summed E-state index contributed by atoms with van der Waals surface area (Å²) in [5.74, 6) is 0.121. The molecule has 0 radical (unpaired) electrons. The molecule has 90 valence electrons. The van der Waals surface area contributed by atoms with Crippen molar-refractivity contribution in [3.8, 4) is 0 Å². The number of amides is 1. The van der Waals surface area contributed by atoms with Crippen molar-refractivity contribution in [2.75, 3.05) is 26.2 Å². The SMILES string of the molecule is CC(C(=O)N1CCCCC1CO)=C1CNC1. The molecule has 0 spiro atoms. The van der Waals surface area contributed by atoms with E-state index < -0.39 is 0 Å². The Kier molecular flexibility index (Phi) is 3.61. The molecule has 1 amide bonds. The van der Waals surface area contributed by atoms with Crippen LogP contribution in [0.3, 0.4) is 0 Å². The van der Waals surface area contributed by atoms with Gasteiger partial charge in [-0.1, -0.05) is 0 Å². The second-order valence-electron chi connectivity index (χ2n) is 4.66. The maximum absolute atomic E-state index is 12.2. The van der Waals surface area contributed by atoms with Crippen molar-refractivity contribution in [2.45, 2.75) is 32.2 Å². The zero-order chi connectivity index (χ0) is 11.5. The highest BCUT2D eigenvalue weighted by Gasteiger charge is 2.28. The number of aliphatic hydroxyl groups excluding tert-OH is 1. The standard InChI is InChI=1S/C12H20N2O2/c1-9(10-6-13-7-10)12(16)14-5-3-2-4-11(14)8-15/h11,13,15H,2-8H2,1H3. The van der Waals surface area contributed by atoms with E-state index in [1.54, 1.807) is 0 Å². The minimum absolute atomic E-state index is 0.0323. The highest BCUT2D eigenvalue weighted by Crippen LogP contribution is 2.20. The first-order valence-corrected chi connectivity index (χ1v) is 6.05. The van der Waals surface area contributed by atoms with Gasteiger partial charge in [0.15, 0.2) is 0 Å². The molecule has 2 N–H and O–H groups in total. The molecule has 16 heavy (non-hydrogen) atoms. The predicted molar refractivity (Wildman–Crippen MR) is 62.0 cm³/mol. The van der Waals surface area contributed by atoms with Crippen LogP contribution in [0.1, 0.15) is 26.2 Å². The zero-order valence-corrected chi connectivity index (χ0v) is 9.83. The number of hydrogen-bond acceptors (Lipinski definition) is 3. The molecule has 2 aliphatic rings. The van der Waals surface area contributed by atoms with E-state index in [1.807, 2.05) is 11.8 Å². The Labute approximate surface area is 96.3 Å². The number of piperidine rings is 1. The van der Waals surface area contributed by atoms with Crippen molar-refractivity contribution in [1.82, 2.24) is 10.2 Å². The lowest BCUT2D eigenvalue weighted by atomic mass is 9.98. The quantitative estimate of drug-likeness (QED) is 0.662. The van der Waals surface area contributed by atoms with Crippen molar-refractivity contribution in [3.63, 3.8) is 0 Å². The number of carbonyl (C=O) groups is 1. The maximum atomic E-state index is 12.2. The predicted octanol–water partition coefficient (Wildman–Crippen LogP) is 0.280. The Bertz CT molecular complexity index is 306. The fourth-order valence-electron chi connectivity index (χ4n) is 2.34. The van der Waals surface area contributed by atoms with Gasteiger partial charge in [-0.2, -0.15) is 0 Å². The summed E-state index contributed by atoms with van der Waals surface area (Å²) >= 11 is 0. The van der Waals surface area contributed by atoms with Gasteiger partial charge in [-0.3, -0.25) is 4.79 Å². The highest BCUT2D eigenvalue weighted by molar-refractivity contribution is 5.94. The Balaban J connectivity index is 2.07. The molecule has 2 saturated heterocycles. The van der Waals surface area contributed by atoms with Crippen LogP contribution in [0.5, 0.6) is 0 Å². The van der Waals surface area contributed by atoms with Gasteiger partial charge in [-0.25, -0.2) is 0 Å². The lowest BCUT2D eigenvalue weighted by molar-refractivity contribution is -0.131. The summed E-state index contributed by atoms with van der Waals surface area (Å²) in [7, 11) is 0. The molecule has 0 aromatic rings. The van der Waals surface area contributed by atoms with Gasteiger partial charge in [-0.05, 0) is 31.8 Å². The first kappa shape index (κ1) is 11.6. The Hall–Kier alpha value is -0.870. The lowest BCUT2D eigenvalue weighted by Gasteiger charge is -2.36. The largest absolute Gasteiger partial charge is 0.394 e. The molecule has 4 nitrogen and oxygen atoms in total. The van der Waals surface area contributed by atoms with Crippen LogP contribution in [0.15, 0.2) is 11.1 Å². The van der Waals surface area contributed by atoms with Crippen molar-refractivity contribution < 1.29 is 9.90 Å². The third-order valence-corrected chi connectivity index (χ3v) is 3.63. The molecular formula is C12H20N2O2. The topological polar surface area (TPSA) is 52.6 Å². The molecule has 0 bridgehead atoms. The van der Waals surface area contributed by atoms with Crippen molar-refractivity contribution in [2.24, 2.45) is 0 Å². The second-order valence-corrected chi connectivity index (χ2v) is 4.66. The van der Waals surface area contributed by atoms with Crippen LogP contribution in [0.4, 0.5) is 0 Å². The summed E-state index contributed by atoms with van der Waals surface area (Å²) in [6.07, 6.45) is 3.11. The number of likely N-dealkylation sites (tertiary alicyclic amines) is 1. The Morgan fingerprint density at radius 3 is 2.81 bits per heavy atom. The lowest BCUT2D eigenvalue weighted by Crippen LogP contribution is -2.47. The van der Waals surface area contributed by atoms with Gasteiger partial charge in [0.25, 0.3) is 0 Å². The Morgan fingerprint density at radius 2 is 2.25 bits per heavy atom. The van der Waals surface area contributed by atoms with Gasteiger partial charge in [0.1, 0.15) is 0 Å². The van der Waals surface area contributed by atoms with Crippen LogP contribution in [0.2, 0.25) is 0 Å². The molecule has 0 aliphatic carbocycles. The van der Waals surface area contributed by atoms with Crippen LogP contribution >= 0.6 is 0 Å². The molecule has 2 heterocycles. The van der Waals surface area contributed by atoms with E-state index in [-0.39, 0.29) is 18.6 Å². The van der Waals surface area contributed by atoms with Crippen LogP contribution in [0.25, 0.3) is 0 Å². The molecule has 4 heteroatoms. The van der Waals surface area contributed by atoms with Crippen LogP contribution < -0.4 is 5.32 Å². The van der Waals surface area contributed by atoms with Gasteiger partial charge in [0.05, 0.1) is 12.6 Å². The summed E-state index contributed by atoms with van der Waals surface area (Å²) in [6, 6.07) is 0.0323. The van der Waals surface area contributed by atoms with Gasteiger partial charge >= 0.3 is 0 Å². The molecule has 1 atom stereocenters. The van der Waals surface area contributed by atoms with Gasteiger partial charge in [0.2, 0.25) is 5.91 Å². The molecule has 0 aromatic heterocycles. The fraction of sp³-hybridized carbons (Fsp3) is 0.750. The Morgan fingerprint density at radius 1 is 1.50 bits per heavy atom. The molecular weight excluding hydrogens is 204 g/mol. The smallest absolute Gasteiger partial charge is 0.249 e. The number of nitrogens with one attached hydrogen (secondary N) is 1. The summed E-state index contributed by atoms with van der Waals surface area (Å²) in [4.78, 5) is 14.1. The van der Waals surface area contributed by atoms with Crippen LogP contribution in [0, 0.1) is 0 Å². The van der Waals surface area contributed by atoms with E-state index in [0.29, 0.717) is 0 Å². The molecule has 1 unspecified atom stereocenters. The average molecular weight is 224 g/mol. The fourth-order valence-corrected chi connectivity index (χ4v) is 2.34. The zero-order valence-electron chi connectivity index (χ0n) is 9.83. The van der Waals surface area contributed by atoms with E-state index in [2.05, 4.69) is 5.32 Å². The van der Waals surface area contributed by atoms with E-state index in [1.165, 1.54) is 5.57 Å². The van der Waals surface area contributed by atoms with E-state index in [0.717, 1.165) is 44.5 Å². The molecule has 2 fully saturated rings. The van der Waals surface area contributed by atoms with Crippen LogP contribution in [-0.4, -0.2) is 48.2 Å². The summed E-state index contributed by atoms with van der Waals surface area (Å²) in [5.41, 5.74) is 2.09. The number of aliphatic hydroxyl groups is 1. The maximum Gasteiger partial charge on any atom is 0.249 e. The van der Waals surface area contributed by atoms with E-state index in [9.17, 15) is 9.90 Å². The summed E-state index contributed by atoms with van der Waals surface area (Å²) < 4.78 is 0. The molecule has 2 aliphatic heterocycles. The van der Waals surface area contributed by atoms with Crippen molar-refractivity contribution in [1.29, 1.82) is 0 Å². The second kappa shape index (κ2) is 4.97. The summed E-state index contributed by atoms with van der Waals surface area (Å²) in [6.45, 7) is 4.47. The highest BCUT2D eigenvalue weighted by atomic mass is 16.3. The number of nitrogens with zero attached hydrogens (tertiary/aromatic N) is 1.